The third kappa shape index (κ3) is 4.68. The van der Waals surface area contributed by atoms with Crippen LogP contribution in [-0.4, -0.2) is 35.1 Å². The molecule has 0 aliphatic carbocycles. The van der Waals surface area contributed by atoms with Crippen LogP contribution in [0.2, 0.25) is 0 Å². The summed E-state index contributed by atoms with van der Waals surface area (Å²) in [5, 5.41) is 3.17. The molecule has 1 N–H and O–H groups in total. The van der Waals surface area contributed by atoms with Crippen LogP contribution in [0.25, 0.3) is 0 Å². The van der Waals surface area contributed by atoms with Crippen LogP contribution in [-0.2, 0) is 16.9 Å². The zero-order chi connectivity index (χ0) is 24.3. The highest BCUT2D eigenvalue weighted by Crippen LogP contribution is 2.42. The molecule has 176 valence electrons. The highest BCUT2D eigenvalue weighted by Gasteiger charge is 2.50. The molecule has 0 fully saturated rings. The number of fused-ring (bicyclic) bond motifs is 1. The summed E-state index contributed by atoms with van der Waals surface area (Å²) >= 11 is 1.55. The van der Waals surface area contributed by atoms with Crippen LogP contribution in [0, 0.1) is 0 Å². The fourth-order valence-electron chi connectivity index (χ4n) is 4.18. The summed E-state index contributed by atoms with van der Waals surface area (Å²) in [6.45, 7) is 6.15. The maximum Gasteiger partial charge on any atom is 0.256 e. The van der Waals surface area contributed by atoms with Gasteiger partial charge in [0.2, 0.25) is 0 Å². The number of nitrogens with zero attached hydrogens (tertiary/aromatic N) is 1. The number of carbonyl (C=O) groups is 2. The van der Waals surface area contributed by atoms with Crippen molar-refractivity contribution in [3.63, 3.8) is 0 Å². The van der Waals surface area contributed by atoms with E-state index in [0.29, 0.717) is 11.3 Å². The van der Waals surface area contributed by atoms with E-state index in [1.54, 1.807) is 23.8 Å². The molecule has 34 heavy (non-hydrogen) atoms. The van der Waals surface area contributed by atoms with E-state index in [4.69, 9.17) is 4.74 Å². The molecule has 3 aromatic carbocycles. The van der Waals surface area contributed by atoms with E-state index >= 15 is 0 Å². The van der Waals surface area contributed by atoms with Crippen molar-refractivity contribution >= 4 is 23.6 Å². The van der Waals surface area contributed by atoms with Crippen LogP contribution >= 0.6 is 11.8 Å². The van der Waals surface area contributed by atoms with Crippen LogP contribution in [0.1, 0.15) is 42.3 Å². The lowest BCUT2D eigenvalue weighted by Crippen LogP contribution is -2.61. The molecule has 0 aromatic heterocycles. The lowest BCUT2D eigenvalue weighted by Gasteiger charge is -2.43. The van der Waals surface area contributed by atoms with Gasteiger partial charge in [-0.3, -0.25) is 9.59 Å². The first kappa shape index (κ1) is 23.9. The summed E-state index contributed by atoms with van der Waals surface area (Å²) in [7, 11) is 1.62. The van der Waals surface area contributed by atoms with Crippen LogP contribution in [0.15, 0.2) is 83.8 Å². The van der Waals surface area contributed by atoms with Gasteiger partial charge >= 0.3 is 0 Å². The topological polar surface area (TPSA) is 58.6 Å². The number of amides is 2. The van der Waals surface area contributed by atoms with Crippen LogP contribution < -0.4 is 10.1 Å². The largest absolute Gasteiger partial charge is 0.497 e. The standard InChI is InChI=1S/C28H30N2O3S/c1-27(2,3)29-26(32)28(21-10-6-5-7-11-21)19-34-24-13-9-8-12-23(24)25(31)30(28)18-20-14-16-22(33-4)17-15-20/h5-17H,18-19H2,1-4H3,(H,29,32). The minimum Gasteiger partial charge on any atom is -0.497 e. The summed E-state index contributed by atoms with van der Waals surface area (Å²) in [6.07, 6.45) is 0. The van der Waals surface area contributed by atoms with Crippen molar-refractivity contribution in [1.29, 1.82) is 0 Å². The first-order valence-electron chi connectivity index (χ1n) is 11.3. The third-order valence-corrected chi connectivity index (χ3v) is 7.10. The highest BCUT2D eigenvalue weighted by atomic mass is 32.2. The normalized spacial score (nSPS) is 18.1. The SMILES string of the molecule is COc1ccc(CN2C(=O)c3ccccc3SCC2(C(=O)NC(C)(C)C)c2ccccc2)cc1. The van der Waals surface area contributed by atoms with Crippen molar-refractivity contribution in [2.45, 2.75) is 43.3 Å². The average molecular weight is 475 g/mol. The Morgan fingerprint density at radius 1 is 1.00 bits per heavy atom. The number of carbonyl (C=O) groups excluding carboxylic acids is 2. The van der Waals surface area contributed by atoms with Crippen molar-refractivity contribution < 1.29 is 14.3 Å². The Bertz CT molecular complexity index is 1170. The van der Waals surface area contributed by atoms with Crippen molar-refractivity contribution in [2.24, 2.45) is 0 Å². The summed E-state index contributed by atoms with van der Waals surface area (Å²) in [4.78, 5) is 30.9. The summed E-state index contributed by atoms with van der Waals surface area (Å²) in [5.41, 5.74) is 0.663. The Hall–Kier alpha value is -3.25. The predicted octanol–water partition coefficient (Wildman–Crippen LogP) is 5.25. The van der Waals surface area contributed by atoms with Crippen molar-refractivity contribution in [3.05, 3.63) is 95.6 Å². The van der Waals surface area contributed by atoms with Crippen LogP contribution in [0.3, 0.4) is 0 Å². The molecule has 0 radical (unpaired) electrons. The zero-order valence-corrected chi connectivity index (χ0v) is 20.8. The van der Waals surface area contributed by atoms with E-state index in [1.807, 2.05) is 99.6 Å². The fourth-order valence-corrected chi connectivity index (χ4v) is 5.49. The van der Waals surface area contributed by atoms with Gasteiger partial charge in [0.1, 0.15) is 5.75 Å². The van der Waals surface area contributed by atoms with Gasteiger partial charge in [0.05, 0.1) is 12.7 Å². The monoisotopic (exact) mass is 474 g/mol. The van der Waals surface area contributed by atoms with Gasteiger partial charge in [0.25, 0.3) is 11.8 Å². The summed E-state index contributed by atoms with van der Waals surface area (Å²) < 4.78 is 5.30. The lowest BCUT2D eigenvalue weighted by molar-refractivity contribution is -0.133. The second kappa shape index (κ2) is 9.55. The average Bonchev–Trinajstić information content (AvgIpc) is 2.95. The fraction of sp³-hybridized carbons (Fsp3) is 0.286. The molecule has 3 aromatic rings. The first-order chi connectivity index (χ1) is 16.2. The van der Waals surface area contributed by atoms with Gasteiger partial charge in [-0.15, -0.1) is 11.8 Å². The molecule has 4 rings (SSSR count). The maximum atomic E-state index is 14.1. The molecule has 1 atom stereocenters. The second-order valence-electron chi connectivity index (χ2n) is 9.45. The van der Waals surface area contributed by atoms with E-state index in [2.05, 4.69) is 5.32 Å². The molecule has 1 heterocycles. The Labute approximate surface area is 205 Å². The Balaban J connectivity index is 1.91. The number of benzene rings is 3. The summed E-state index contributed by atoms with van der Waals surface area (Å²) in [6, 6.07) is 24.8. The van der Waals surface area contributed by atoms with E-state index < -0.39 is 11.1 Å². The van der Waals surface area contributed by atoms with Crippen LogP contribution in [0.4, 0.5) is 0 Å². The maximum absolute atomic E-state index is 14.1. The van der Waals surface area contributed by atoms with Gasteiger partial charge in [-0.05, 0) is 56.2 Å². The Morgan fingerprint density at radius 2 is 1.65 bits per heavy atom. The number of rotatable bonds is 5. The molecule has 0 bridgehead atoms. The molecule has 1 unspecified atom stereocenters. The number of hydrogen-bond donors (Lipinski definition) is 1. The van der Waals surface area contributed by atoms with Crippen LogP contribution in [0.5, 0.6) is 5.75 Å². The number of ether oxygens (including phenoxy) is 1. The van der Waals surface area contributed by atoms with E-state index in [9.17, 15) is 9.59 Å². The number of nitrogens with one attached hydrogen (secondary N) is 1. The molecule has 0 saturated heterocycles. The summed E-state index contributed by atoms with van der Waals surface area (Å²) in [5.74, 6) is 0.794. The number of thioether (sulfide) groups is 1. The van der Waals surface area contributed by atoms with Gasteiger partial charge in [0, 0.05) is 22.7 Å². The van der Waals surface area contributed by atoms with Gasteiger partial charge in [-0.1, -0.05) is 54.6 Å². The molecule has 0 saturated carbocycles. The Kier molecular flexibility index (Phi) is 6.71. The van der Waals surface area contributed by atoms with Crippen molar-refractivity contribution in [3.8, 4) is 5.75 Å². The van der Waals surface area contributed by atoms with Gasteiger partial charge in [-0.25, -0.2) is 0 Å². The second-order valence-corrected chi connectivity index (χ2v) is 10.5. The highest BCUT2D eigenvalue weighted by molar-refractivity contribution is 7.99. The molecule has 6 heteroatoms. The van der Waals surface area contributed by atoms with Crippen molar-refractivity contribution in [1.82, 2.24) is 10.2 Å². The molecular formula is C28H30N2O3S. The van der Waals surface area contributed by atoms with E-state index in [-0.39, 0.29) is 18.4 Å². The minimum absolute atomic E-state index is 0.163. The molecule has 2 amide bonds. The quantitative estimate of drug-likeness (QED) is 0.549. The molecule has 1 aliphatic heterocycles. The zero-order valence-electron chi connectivity index (χ0n) is 20.0. The van der Waals surface area contributed by atoms with Gasteiger partial charge < -0.3 is 15.0 Å². The molecule has 5 nitrogen and oxygen atoms in total. The number of methoxy groups -OCH3 is 1. The van der Waals surface area contributed by atoms with E-state index in [0.717, 1.165) is 21.8 Å². The molecule has 1 aliphatic rings. The predicted molar refractivity (Wildman–Crippen MR) is 136 cm³/mol. The molecule has 0 spiro atoms. The van der Waals surface area contributed by atoms with Gasteiger partial charge in [-0.2, -0.15) is 0 Å². The Morgan fingerprint density at radius 3 is 2.29 bits per heavy atom. The first-order valence-corrected chi connectivity index (χ1v) is 12.3. The minimum atomic E-state index is -1.20. The number of hydrogen-bond acceptors (Lipinski definition) is 4. The van der Waals surface area contributed by atoms with Crippen molar-refractivity contribution in [2.75, 3.05) is 12.9 Å². The lowest BCUT2D eigenvalue weighted by atomic mass is 9.86. The molecular weight excluding hydrogens is 444 g/mol. The van der Waals surface area contributed by atoms with E-state index in [1.165, 1.54) is 0 Å². The smallest absolute Gasteiger partial charge is 0.256 e. The third-order valence-electron chi connectivity index (χ3n) is 5.88. The van der Waals surface area contributed by atoms with Gasteiger partial charge in [0.15, 0.2) is 5.54 Å².